The number of nitrogens with one attached hydrogen (secondary N) is 1. The summed E-state index contributed by atoms with van der Waals surface area (Å²) in [5.41, 5.74) is 0. The van der Waals surface area contributed by atoms with E-state index in [2.05, 4.69) is 12.2 Å². The molecule has 0 aromatic heterocycles. The molecular formula is C8H17NO2. The predicted molar refractivity (Wildman–Crippen MR) is 43.3 cm³/mol. The molecule has 3 N–H and O–H groups in total. The van der Waals surface area contributed by atoms with Gasteiger partial charge in [0.25, 0.3) is 0 Å². The van der Waals surface area contributed by atoms with Gasteiger partial charge in [0.15, 0.2) is 0 Å². The molecule has 0 amide bonds. The second-order valence-corrected chi connectivity index (χ2v) is 3.50. The van der Waals surface area contributed by atoms with Gasteiger partial charge in [-0.25, -0.2) is 0 Å². The van der Waals surface area contributed by atoms with Gasteiger partial charge < -0.3 is 15.5 Å². The zero-order chi connectivity index (χ0) is 8.27. The summed E-state index contributed by atoms with van der Waals surface area (Å²) in [5.74, 6) is 0.811. The van der Waals surface area contributed by atoms with Crippen molar-refractivity contribution in [1.82, 2.24) is 5.32 Å². The van der Waals surface area contributed by atoms with E-state index in [0.29, 0.717) is 6.04 Å². The van der Waals surface area contributed by atoms with Crippen molar-refractivity contribution < 1.29 is 10.2 Å². The summed E-state index contributed by atoms with van der Waals surface area (Å²) in [6.07, 6.45) is 2.35. The highest BCUT2D eigenvalue weighted by molar-refractivity contribution is 4.84. The lowest BCUT2D eigenvalue weighted by Crippen LogP contribution is -2.48. The topological polar surface area (TPSA) is 52.5 Å². The molecule has 0 saturated heterocycles. The van der Waals surface area contributed by atoms with E-state index in [0.717, 1.165) is 5.92 Å². The van der Waals surface area contributed by atoms with E-state index in [1.165, 1.54) is 12.8 Å². The van der Waals surface area contributed by atoms with Crippen LogP contribution in [-0.2, 0) is 0 Å². The van der Waals surface area contributed by atoms with E-state index in [-0.39, 0.29) is 19.3 Å². The van der Waals surface area contributed by atoms with Gasteiger partial charge in [0.05, 0.1) is 19.3 Å². The Kier molecular flexibility index (Phi) is 3.30. The second-order valence-electron chi connectivity index (χ2n) is 3.50. The third-order valence-electron chi connectivity index (χ3n) is 2.29. The molecule has 0 atom stereocenters. The third-order valence-corrected chi connectivity index (χ3v) is 2.29. The van der Waals surface area contributed by atoms with Crippen molar-refractivity contribution in [2.75, 3.05) is 13.2 Å². The fraction of sp³-hybridized carbons (Fsp3) is 1.00. The first-order chi connectivity index (χ1) is 5.26. The molecule has 1 rings (SSSR count). The van der Waals surface area contributed by atoms with E-state index in [9.17, 15) is 0 Å². The molecule has 3 nitrogen and oxygen atoms in total. The summed E-state index contributed by atoms with van der Waals surface area (Å²) in [6, 6.07) is 0.404. The Labute approximate surface area is 67.4 Å². The van der Waals surface area contributed by atoms with E-state index in [1.807, 2.05) is 0 Å². The molecule has 1 saturated carbocycles. The molecule has 0 aromatic carbocycles. The molecule has 3 heteroatoms. The van der Waals surface area contributed by atoms with E-state index in [1.54, 1.807) is 0 Å². The van der Waals surface area contributed by atoms with Crippen LogP contribution in [-0.4, -0.2) is 35.5 Å². The molecule has 0 aliphatic heterocycles. The van der Waals surface area contributed by atoms with Gasteiger partial charge in [-0.15, -0.1) is 0 Å². The van der Waals surface area contributed by atoms with Crippen molar-refractivity contribution in [2.45, 2.75) is 31.8 Å². The minimum Gasteiger partial charge on any atom is -0.395 e. The maximum absolute atomic E-state index is 8.74. The van der Waals surface area contributed by atoms with Crippen LogP contribution in [0.3, 0.4) is 0 Å². The van der Waals surface area contributed by atoms with Gasteiger partial charge in [0.2, 0.25) is 0 Å². The molecule has 1 fully saturated rings. The van der Waals surface area contributed by atoms with Gasteiger partial charge in [0.1, 0.15) is 0 Å². The van der Waals surface area contributed by atoms with Crippen molar-refractivity contribution in [3.63, 3.8) is 0 Å². The third kappa shape index (κ3) is 2.43. The first kappa shape index (κ1) is 8.97. The van der Waals surface area contributed by atoms with Crippen LogP contribution in [0.1, 0.15) is 19.8 Å². The average Bonchev–Trinajstić information content (AvgIpc) is 1.96. The Balaban J connectivity index is 2.09. The first-order valence-electron chi connectivity index (χ1n) is 4.24. The van der Waals surface area contributed by atoms with Crippen LogP contribution < -0.4 is 5.32 Å². The highest BCUT2D eigenvalue weighted by Gasteiger charge is 2.26. The molecule has 0 heterocycles. The first-order valence-corrected chi connectivity index (χ1v) is 4.24. The number of hydrogen-bond donors (Lipinski definition) is 3. The largest absolute Gasteiger partial charge is 0.395 e. The molecule has 1 aliphatic carbocycles. The van der Waals surface area contributed by atoms with Crippen LogP contribution in [0.5, 0.6) is 0 Å². The second kappa shape index (κ2) is 4.04. The summed E-state index contributed by atoms with van der Waals surface area (Å²) in [7, 11) is 0. The molecule has 0 unspecified atom stereocenters. The molecular weight excluding hydrogens is 142 g/mol. The van der Waals surface area contributed by atoms with Crippen molar-refractivity contribution in [2.24, 2.45) is 5.92 Å². The Morgan fingerprint density at radius 3 is 2.27 bits per heavy atom. The minimum absolute atomic E-state index is 0.0291. The minimum atomic E-state index is -0.118. The summed E-state index contributed by atoms with van der Waals surface area (Å²) in [5, 5.41) is 20.7. The Hall–Kier alpha value is -0.120. The van der Waals surface area contributed by atoms with Crippen LogP contribution in [0.4, 0.5) is 0 Å². The van der Waals surface area contributed by atoms with Crippen LogP contribution in [0.15, 0.2) is 0 Å². The zero-order valence-corrected chi connectivity index (χ0v) is 6.95. The Morgan fingerprint density at radius 1 is 1.36 bits per heavy atom. The zero-order valence-electron chi connectivity index (χ0n) is 6.95. The molecule has 0 radical (unpaired) electrons. The molecule has 66 valence electrons. The lowest BCUT2D eigenvalue weighted by Gasteiger charge is -2.35. The average molecular weight is 159 g/mol. The monoisotopic (exact) mass is 159 g/mol. The SMILES string of the molecule is CC1CC(NC(CO)CO)C1. The lowest BCUT2D eigenvalue weighted by molar-refractivity contribution is 0.132. The molecule has 0 bridgehead atoms. The highest BCUT2D eigenvalue weighted by atomic mass is 16.3. The molecule has 1 aliphatic rings. The Morgan fingerprint density at radius 2 is 1.91 bits per heavy atom. The number of aliphatic hydroxyl groups is 2. The predicted octanol–water partition coefficient (Wildman–Crippen LogP) is -0.272. The van der Waals surface area contributed by atoms with Crippen molar-refractivity contribution in [3.8, 4) is 0 Å². The van der Waals surface area contributed by atoms with Gasteiger partial charge in [0, 0.05) is 6.04 Å². The maximum Gasteiger partial charge on any atom is 0.0607 e. The van der Waals surface area contributed by atoms with E-state index in [4.69, 9.17) is 10.2 Å². The normalized spacial score (nSPS) is 30.5. The van der Waals surface area contributed by atoms with E-state index >= 15 is 0 Å². The lowest BCUT2D eigenvalue weighted by atomic mass is 9.81. The van der Waals surface area contributed by atoms with Gasteiger partial charge in [-0.3, -0.25) is 0 Å². The number of rotatable bonds is 4. The van der Waals surface area contributed by atoms with Gasteiger partial charge >= 0.3 is 0 Å². The van der Waals surface area contributed by atoms with Crippen LogP contribution >= 0.6 is 0 Å². The van der Waals surface area contributed by atoms with Gasteiger partial charge in [-0.2, -0.15) is 0 Å². The quantitative estimate of drug-likeness (QED) is 0.529. The molecule has 11 heavy (non-hydrogen) atoms. The fourth-order valence-corrected chi connectivity index (χ4v) is 1.53. The van der Waals surface area contributed by atoms with Crippen molar-refractivity contribution in [3.05, 3.63) is 0 Å². The highest BCUT2D eigenvalue weighted by Crippen LogP contribution is 2.26. The van der Waals surface area contributed by atoms with Gasteiger partial charge in [-0.05, 0) is 18.8 Å². The molecule has 0 spiro atoms. The summed E-state index contributed by atoms with van der Waals surface area (Å²) >= 11 is 0. The maximum atomic E-state index is 8.74. The van der Waals surface area contributed by atoms with E-state index < -0.39 is 0 Å². The van der Waals surface area contributed by atoms with Crippen molar-refractivity contribution >= 4 is 0 Å². The Bertz CT molecular complexity index is 109. The number of aliphatic hydroxyl groups excluding tert-OH is 2. The van der Waals surface area contributed by atoms with Gasteiger partial charge in [-0.1, -0.05) is 6.92 Å². The summed E-state index contributed by atoms with van der Waals surface area (Å²) in [6.45, 7) is 2.27. The van der Waals surface area contributed by atoms with Crippen LogP contribution in [0.2, 0.25) is 0 Å². The summed E-state index contributed by atoms with van der Waals surface area (Å²) < 4.78 is 0. The standard InChI is InChI=1S/C8H17NO2/c1-6-2-7(3-6)9-8(4-10)5-11/h6-11H,2-5H2,1H3. The summed E-state index contributed by atoms with van der Waals surface area (Å²) in [4.78, 5) is 0. The fourth-order valence-electron chi connectivity index (χ4n) is 1.53. The van der Waals surface area contributed by atoms with Crippen LogP contribution in [0, 0.1) is 5.92 Å². The van der Waals surface area contributed by atoms with Crippen LogP contribution in [0.25, 0.3) is 0 Å². The van der Waals surface area contributed by atoms with Crippen molar-refractivity contribution in [1.29, 1.82) is 0 Å². The molecule has 0 aromatic rings. The number of hydrogen-bond acceptors (Lipinski definition) is 3. The smallest absolute Gasteiger partial charge is 0.0607 e.